The lowest BCUT2D eigenvalue weighted by Crippen LogP contribution is -2.40. The number of thioether (sulfide) groups is 1. The molecule has 0 saturated carbocycles. The van der Waals surface area contributed by atoms with Crippen molar-refractivity contribution in [2.75, 3.05) is 7.11 Å². The van der Waals surface area contributed by atoms with Crippen LogP contribution in [0.4, 0.5) is 0 Å². The van der Waals surface area contributed by atoms with E-state index in [1.54, 1.807) is 18.9 Å². The van der Waals surface area contributed by atoms with Crippen molar-refractivity contribution in [2.24, 2.45) is 11.1 Å². The summed E-state index contributed by atoms with van der Waals surface area (Å²) in [5.41, 5.74) is 8.38. The second-order valence-corrected chi connectivity index (χ2v) is 7.53. The van der Waals surface area contributed by atoms with Gasteiger partial charge in [0.2, 0.25) is 0 Å². The SMILES string of the molecule is CCC(N)C(Sc1nc2ccc(OC)cc2[nH]1)C(C)(C)C. The highest BCUT2D eigenvalue weighted by Gasteiger charge is 2.31. The van der Waals surface area contributed by atoms with Crippen molar-refractivity contribution in [3.05, 3.63) is 18.2 Å². The summed E-state index contributed by atoms with van der Waals surface area (Å²) in [6, 6.07) is 6.02. The number of ether oxygens (including phenoxy) is 1. The van der Waals surface area contributed by atoms with E-state index in [9.17, 15) is 0 Å². The molecule has 1 aromatic carbocycles. The average Bonchev–Trinajstić information content (AvgIpc) is 2.84. The number of aromatic nitrogens is 2. The molecule has 2 unspecified atom stereocenters. The van der Waals surface area contributed by atoms with Gasteiger partial charge in [-0.1, -0.05) is 39.5 Å². The van der Waals surface area contributed by atoms with Crippen LogP contribution in [0.2, 0.25) is 0 Å². The summed E-state index contributed by atoms with van der Waals surface area (Å²) < 4.78 is 5.25. The Balaban J connectivity index is 2.28. The van der Waals surface area contributed by atoms with Crippen molar-refractivity contribution in [3.8, 4) is 5.75 Å². The molecule has 0 aliphatic heterocycles. The fraction of sp³-hybridized carbons (Fsp3) is 0.562. The maximum Gasteiger partial charge on any atom is 0.166 e. The highest BCUT2D eigenvalue weighted by atomic mass is 32.2. The molecule has 0 aliphatic rings. The van der Waals surface area contributed by atoms with Crippen molar-refractivity contribution in [1.29, 1.82) is 0 Å². The van der Waals surface area contributed by atoms with Crippen molar-refractivity contribution in [2.45, 2.75) is 50.6 Å². The zero-order chi connectivity index (χ0) is 15.6. The fourth-order valence-corrected chi connectivity index (χ4v) is 3.67. The van der Waals surface area contributed by atoms with Gasteiger partial charge in [-0.25, -0.2) is 4.98 Å². The number of aromatic amines is 1. The van der Waals surface area contributed by atoms with Crippen LogP contribution >= 0.6 is 11.8 Å². The molecule has 3 N–H and O–H groups in total. The minimum Gasteiger partial charge on any atom is -0.497 e. The molecule has 1 heterocycles. The molecule has 1 aromatic heterocycles. The topological polar surface area (TPSA) is 63.9 Å². The lowest BCUT2D eigenvalue weighted by Gasteiger charge is -2.33. The lowest BCUT2D eigenvalue weighted by molar-refractivity contribution is 0.350. The van der Waals surface area contributed by atoms with Crippen LogP contribution in [0.5, 0.6) is 5.75 Å². The zero-order valence-corrected chi connectivity index (χ0v) is 14.3. The fourth-order valence-electron chi connectivity index (χ4n) is 2.39. The number of nitrogens with one attached hydrogen (secondary N) is 1. The third-order valence-corrected chi connectivity index (χ3v) is 5.35. The number of imidazole rings is 1. The number of methoxy groups -OCH3 is 1. The number of benzene rings is 1. The van der Waals surface area contributed by atoms with Gasteiger partial charge < -0.3 is 15.5 Å². The van der Waals surface area contributed by atoms with Crippen molar-refractivity contribution in [1.82, 2.24) is 9.97 Å². The van der Waals surface area contributed by atoms with E-state index >= 15 is 0 Å². The molecule has 4 nitrogen and oxygen atoms in total. The first-order valence-corrected chi connectivity index (χ1v) is 8.19. The Morgan fingerprint density at radius 1 is 1.38 bits per heavy atom. The maximum atomic E-state index is 6.31. The van der Waals surface area contributed by atoms with E-state index in [2.05, 4.69) is 37.7 Å². The minimum atomic E-state index is 0.122. The highest BCUT2D eigenvalue weighted by molar-refractivity contribution is 7.99. The van der Waals surface area contributed by atoms with Crippen LogP contribution < -0.4 is 10.5 Å². The van der Waals surface area contributed by atoms with Gasteiger partial charge >= 0.3 is 0 Å². The first kappa shape index (κ1) is 16.2. The Morgan fingerprint density at radius 2 is 2.10 bits per heavy atom. The molecular weight excluding hydrogens is 282 g/mol. The number of rotatable bonds is 5. The van der Waals surface area contributed by atoms with Gasteiger partial charge in [0.25, 0.3) is 0 Å². The van der Waals surface area contributed by atoms with Crippen LogP contribution in [0.25, 0.3) is 11.0 Å². The lowest BCUT2D eigenvalue weighted by atomic mass is 9.87. The normalized spacial score (nSPS) is 15.1. The van der Waals surface area contributed by atoms with Gasteiger partial charge in [-0.15, -0.1) is 0 Å². The quantitative estimate of drug-likeness (QED) is 0.824. The number of H-pyrrole nitrogens is 1. The first-order chi connectivity index (χ1) is 9.85. The van der Waals surface area contributed by atoms with Gasteiger partial charge in [0.1, 0.15) is 5.75 Å². The molecule has 116 valence electrons. The smallest absolute Gasteiger partial charge is 0.166 e. The van der Waals surface area contributed by atoms with E-state index < -0.39 is 0 Å². The molecule has 0 aliphatic carbocycles. The van der Waals surface area contributed by atoms with E-state index in [1.807, 2.05) is 18.2 Å². The first-order valence-electron chi connectivity index (χ1n) is 7.31. The molecule has 0 saturated heterocycles. The summed E-state index contributed by atoms with van der Waals surface area (Å²) >= 11 is 1.74. The van der Waals surface area contributed by atoms with Gasteiger partial charge in [0.05, 0.1) is 18.1 Å². The van der Waals surface area contributed by atoms with Crippen LogP contribution in [0, 0.1) is 5.41 Å². The molecule has 0 spiro atoms. The summed E-state index contributed by atoms with van der Waals surface area (Å²) in [5, 5.41) is 1.23. The number of hydrogen-bond acceptors (Lipinski definition) is 4. The number of nitrogens with zero attached hydrogens (tertiary/aromatic N) is 1. The Bertz CT molecular complexity index is 603. The standard InChI is InChI=1S/C16H25N3OS/c1-6-11(17)14(16(2,3)4)21-15-18-12-8-7-10(20-5)9-13(12)19-15/h7-9,11,14H,6,17H2,1-5H3,(H,18,19). The Kier molecular flexibility index (Phi) is 4.84. The van der Waals surface area contributed by atoms with Crippen LogP contribution in [0.15, 0.2) is 23.4 Å². The predicted octanol–water partition coefficient (Wildman–Crippen LogP) is 3.82. The second kappa shape index (κ2) is 6.28. The van der Waals surface area contributed by atoms with E-state index in [0.717, 1.165) is 28.4 Å². The van der Waals surface area contributed by atoms with Gasteiger partial charge in [0, 0.05) is 17.4 Å². The maximum absolute atomic E-state index is 6.31. The third-order valence-electron chi connectivity index (χ3n) is 3.62. The molecule has 0 radical (unpaired) electrons. The van der Waals surface area contributed by atoms with Crippen LogP contribution in [0.3, 0.4) is 0 Å². The Labute approximate surface area is 130 Å². The van der Waals surface area contributed by atoms with E-state index in [-0.39, 0.29) is 11.5 Å². The van der Waals surface area contributed by atoms with Crippen molar-refractivity contribution >= 4 is 22.8 Å². The summed E-state index contributed by atoms with van der Waals surface area (Å²) in [5.74, 6) is 0.834. The van der Waals surface area contributed by atoms with Crippen molar-refractivity contribution in [3.63, 3.8) is 0 Å². The summed E-state index contributed by atoms with van der Waals surface area (Å²) in [6.07, 6.45) is 0.961. The number of hydrogen-bond donors (Lipinski definition) is 2. The third kappa shape index (κ3) is 3.71. The molecule has 2 rings (SSSR count). The Morgan fingerprint density at radius 3 is 2.67 bits per heavy atom. The van der Waals surface area contributed by atoms with Gasteiger partial charge in [-0.2, -0.15) is 0 Å². The largest absolute Gasteiger partial charge is 0.497 e. The Hall–Kier alpha value is -1.20. The number of nitrogens with two attached hydrogens (primary N) is 1. The van der Waals surface area contributed by atoms with Crippen LogP contribution in [-0.4, -0.2) is 28.4 Å². The van der Waals surface area contributed by atoms with Gasteiger partial charge in [0.15, 0.2) is 5.16 Å². The summed E-state index contributed by atoms with van der Waals surface area (Å²) in [4.78, 5) is 8.02. The molecule has 2 atom stereocenters. The zero-order valence-electron chi connectivity index (χ0n) is 13.4. The number of fused-ring (bicyclic) bond motifs is 1. The van der Waals surface area contributed by atoms with Gasteiger partial charge in [-0.05, 0) is 24.0 Å². The van der Waals surface area contributed by atoms with Crippen LogP contribution in [-0.2, 0) is 0 Å². The molecule has 2 aromatic rings. The van der Waals surface area contributed by atoms with E-state index in [1.165, 1.54) is 0 Å². The molecular formula is C16H25N3OS. The molecule has 0 bridgehead atoms. The minimum absolute atomic E-state index is 0.122. The van der Waals surface area contributed by atoms with Crippen molar-refractivity contribution < 1.29 is 4.74 Å². The predicted molar refractivity (Wildman–Crippen MR) is 90.0 cm³/mol. The molecule has 0 amide bonds. The highest BCUT2D eigenvalue weighted by Crippen LogP contribution is 2.37. The summed E-state index contributed by atoms with van der Waals surface area (Å²) in [6.45, 7) is 8.82. The monoisotopic (exact) mass is 307 g/mol. The average molecular weight is 307 g/mol. The summed E-state index contributed by atoms with van der Waals surface area (Å²) in [7, 11) is 1.67. The van der Waals surface area contributed by atoms with Gasteiger partial charge in [-0.3, -0.25) is 0 Å². The molecule has 5 heteroatoms. The van der Waals surface area contributed by atoms with Crippen LogP contribution in [0.1, 0.15) is 34.1 Å². The molecule has 0 fully saturated rings. The van der Waals surface area contributed by atoms with E-state index in [0.29, 0.717) is 5.25 Å². The van der Waals surface area contributed by atoms with E-state index in [4.69, 9.17) is 10.5 Å². The second-order valence-electron chi connectivity index (χ2n) is 6.40. The molecule has 21 heavy (non-hydrogen) atoms.